The molecule has 14 heavy (non-hydrogen) atoms. The zero-order valence-electron chi connectivity index (χ0n) is 8.36. The van der Waals surface area contributed by atoms with Crippen molar-refractivity contribution in [3.63, 3.8) is 0 Å². The molecule has 1 aromatic carbocycles. The highest BCUT2D eigenvalue weighted by molar-refractivity contribution is 7.80. The first-order chi connectivity index (χ1) is 6.74. The van der Waals surface area contributed by atoms with Crippen molar-refractivity contribution >= 4 is 17.3 Å². The molecule has 1 atom stereocenters. The Balaban J connectivity index is 2.72. The molecule has 0 fully saturated rings. The molecule has 0 aliphatic carbocycles. The van der Waals surface area contributed by atoms with Crippen molar-refractivity contribution in [2.24, 2.45) is 5.73 Å². The van der Waals surface area contributed by atoms with Crippen LogP contribution in [-0.4, -0.2) is 5.11 Å². The number of nitrogens with one attached hydrogen (secondary N) is 1. The van der Waals surface area contributed by atoms with Gasteiger partial charge in [-0.05, 0) is 24.2 Å². The monoisotopic (exact) mass is 208 g/mol. The van der Waals surface area contributed by atoms with E-state index in [1.54, 1.807) is 0 Å². The number of thiocarbonyl (C=S) groups is 1. The average Bonchev–Trinajstić information content (AvgIpc) is 2.18. The number of rotatable bonds is 4. The molecule has 0 radical (unpaired) electrons. The number of hydrogen-bond acceptors (Lipinski definition) is 1. The molecule has 1 rings (SSSR count). The van der Waals surface area contributed by atoms with Crippen molar-refractivity contribution < 1.29 is 0 Å². The molecule has 3 heteroatoms. The van der Waals surface area contributed by atoms with E-state index in [0.29, 0.717) is 5.11 Å². The van der Waals surface area contributed by atoms with Gasteiger partial charge in [0.2, 0.25) is 0 Å². The Morgan fingerprint density at radius 2 is 2.07 bits per heavy atom. The molecular weight excluding hydrogens is 192 g/mol. The van der Waals surface area contributed by atoms with E-state index in [1.165, 1.54) is 5.56 Å². The van der Waals surface area contributed by atoms with Crippen molar-refractivity contribution in [2.75, 3.05) is 0 Å². The first-order valence-electron chi connectivity index (χ1n) is 4.85. The predicted octanol–water partition coefficient (Wildman–Crippen LogP) is 2.36. The third-order valence-corrected chi connectivity index (χ3v) is 2.21. The topological polar surface area (TPSA) is 38.0 Å². The predicted molar refractivity (Wildman–Crippen MR) is 64.0 cm³/mol. The van der Waals surface area contributed by atoms with E-state index < -0.39 is 0 Å². The van der Waals surface area contributed by atoms with Crippen molar-refractivity contribution in [1.82, 2.24) is 5.32 Å². The summed E-state index contributed by atoms with van der Waals surface area (Å²) >= 11 is 4.85. The summed E-state index contributed by atoms with van der Waals surface area (Å²) < 4.78 is 0. The summed E-state index contributed by atoms with van der Waals surface area (Å²) in [6, 6.07) is 10.5. The zero-order chi connectivity index (χ0) is 10.4. The molecule has 0 heterocycles. The van der Waals surface area contributed by atoms with E-state index in [2.05, 4.69) is 24.4 Å². The third-order valence-electron chi connectivity index (χ3n) is 2.10. The van der Waals surface area contributed by atoms with Gasteiger partial charge in [-0.2, -0.15) is 0 Å². The zero-order valence-corrected chi connectivity index (χ0v) is 9.18. The van der Waals surface area contributed by atoms with Crippen molar-refractivity contribution in [3.8, 4) is 0 Å². The Morgan fingerprint density at radius 1 is 1.43 bits per heavy atom. The summed E-state index contributed by atoms with van der Waals surface area (Å²) in [6.45, 7) is 2.15. The van der Waals surface area contributed by atoms with Gasteiger partial charge >= 0.3 is 0 Å². The van der Waals surface area contributed by atoms with Gasteiger partial charge in [-0.3, -0.25) is 0 Å². The van der Waals surface area contributed by atoms with Crippen LogP contribution < -0.4 is 11.1 Å². The van der Waals surface area contributed by atoms with Crippen LogP contribution in [0, 0.1) is 0 Å². The van der Waals surface area contributed by atoms with Crippen LogP contribution in [0.25, 0.3) is 0 Å². The standard InChI is InChI=1S/C11H16N2S/c1-2-6-10(13-11(12)14)9-7-4-3-5-8-9/h3-5,7-8,10H,2,6H2,1H3,(H3,12,13,14)/t10-/m0/s1. The maximum Gasteiger partial charge on any atom is 0.164 e. The smallest absolute Gasteiger partial charge is 0.164 e. The lowest BCUT2D eigenvalue weighted by Crippen LogP contribution is -2.32. The van der Waals surface area contributed by atoms with Crippen LogP contribution in [0.4, 0.5) is 0 Å². The lowest BCUT2D eigenvalue weighted by molar-refractivity contribution is 0.582. The van der Waals surface area contributed by atoms with Crippen LogP contribution in [-0.2, 0) is 0 Å². The van der Waals surface area contributed by atoms with Gasteiger partial charge in [0.05, 0.1) is 6.04 Å². The van der Waals surface area contributed by atoms with E-state index in [1.807, 2.05) is 18.2 Å². The molecule has 0 saturated carbocycles. The lowest BCUT2D eigenvalue weighted by Gasteiger charge is -2.18. The fourth-order valence-electron chi connectivity index (χ4n) is 1.47. The minimum Gasteiger partial charge on any atom is -0.376 e. The number of hydrogen-bond donors (Lipinski definition) is 2. The third kappa shape index (κ3) is 3.34. The normalized spacial score (nSPS) is 12.1. The Labute approximate surface area is 90.5 Å². The minimum atomic E-state index is 0.249. The molecule has 2 nitrogen and oxygen atoms in total. The maximum atomic E-state index is 5.48. The summed E-state index contributed by atoms with van der Waals surface area (Å²) in [5.74, 6) is 0. The molecule has 0 aromatic heterocycles. The van der Waals surface area contributed by atoms with E-state index in [0.717, 1.165) is 12.8 Å². The van der Waals surface area contributed by atoms with Crippen molar-refractivity contribution in [1.29, 1.82) is 0 Å². The minimum absolute atomic E-state index is 0.249. The molecule has 0 aliphatic rings. The first kappa shape index (κ1) is 11.0. The van der Waals surface area contributed by atoms with Gasteiger partial charge in [0, 0.05) is 0 Å². The van der Waals surface area contributed by atoms with E-state index in [9.17, 15) is 0 Å². The van der Waals surface area contributed by atoms with Gasteiger partial charge in [0.25, 0.3) is 0 Å². The van der Waals surface area contributed by atoms with Gasteiger partial charge in [-0.1, -0.05) is 43.7 Å². The molecule has 1 aromatic rings. The summed E-state index contributed by atoms with van der Waals surface area (Å²) in [4.78, 5) is 0. The molecule has 0 unspecified atom stereocenters. The van der Waals surface area contributed by atoms with Crippen molar-refractivity contribution in [2.45, 2.75) is 25.8 Å². The van der Waals surface area contributed by atoms with Gasteiger partial charge in [0.15, 0.2) is 5.11 Å². The summed E-state index contributed by atoms with van der Waals surface area (Å²) in [6.07, 6.45) is 2.15. The van der Waals surface area contributed by atoms with Crippen LogP contribution in [0.2, 0.25) is 0 Å². The second-order valence-electron chi connectivity index (χ2n) is 3.26. The molecule has 0 bridgehead atoms. The molecule has 0 spiro atoms. The summed E-state index contributed by atoms with van der Waals surface area (Å²) in [5.41, 5.74) is 6.72. The Kier molecular flexibility index (Phi) is 4.40. The fourth-order valence-corrected chi connectivity index (χ4v) is 1.61. The fraction of sp³-hybridized carbons (Fsp3) is 0.364. The molecule has 0 saturated heterocycles. The highest BCUT2D eigenvalue weighted by Gasteiger charge is 2.09. The van der Waals surface area contributed by atoms with Gasteiger partial charge in [0.1, 0.15) is 0 Å². The number of benzene rings is 1. The van der Waals surface area contributed by atoms with E-state index in [4.69, 9.17) is 18.0 Å². The molecule has 0 amide bonds. The SMILES string of the molecule is CCC[C@H](NC(N)=S)c1ccccc1. The average molecular weight is 208 g/mol. The lowest BCUT2D eigenvalue weighted by atomic mass is 10.0. The largest absolute Gasteiger partial charge is 0.376 e. The van der Waals surface area contributed by atoms with Gasteiger partial charge in [-0.15, -0.1) is 0 Å². The molecule has 0 aliphatic heterocycles. The highest BCUT2D eigenvalue weighted by Crippen LogP contribution is 2.17. The van der Waals surface area contributed by atoms with Crippen molar-refractivity contribution in [3.05, 3.63) is 35.9 Å². The Morgan fingerprint density at radius 3 is 2.57 bits per heavy atom. The van der Waals surface area contributed by atoms with Gasteiger partial charge in [-0.25, -0.2) is 0 Å². The Bertz CT molecular complexity index is 285. The van der Waals surface area contributed by atoms with Crippen LogP contribution in [0.1, 0.15) is 31.4 Å². The van der Waals surface area contributed by atoms with Crippen LogP contribution in [0.15, 0.2) is 30.3 Å². The number of nitrogens with two attached hydrogens (primary N) is 1. The molecular formula is C11H16N2S. The summed E-state index contributed by atoms with van der Waals surface area (Å²) in [7, 11) is 0. The molecule has 3 N–H and O–H groups in total. The second-order valence-corrected chi connectivity index (χ2v) is 3.70. The van der Waals surface area contributed by atoms with Crippen LogP contribution >= 0.6 is 12.2 Å². The van der Waals surface area contributed by atoms with Gasteiger partial charge < -0.3 is 11.1 Å². The Hall–Kier alpha value is -1.09. The van der Waals surface area contributed by atoms with Crippen LogP contribution in [0.5, 0.6) is 0 Å². The van der Waals surface area contributed by atoms with E-state index in [-0.39, 0.29) is 6.04 Å². The molecule has 76 valence electrons. The second kappa shape index (κ2) is 5.60. The highest BCUT2D eigenvalue weighted by atomic mass is 32.1. The van der Waals surface area contributed by atoms with E-state index >= 15 is 0 Å². The quantitative estimate of drug-likeness (QED) is 0.746. The first-order valence-corrected chi connectivity index (χ1v) is 5.25. The maximum absolute atomic E-state index is 5.48. The summed E-state index contributed by atoms with van der Waals surface area (Å²) in [5, 5.41) is 3.47. The van der Waals surface area contributed by atoms with Crippen LogP contribution in [0.3, 0.4) is 0 Å².